The summed E-state index contributed by atoms with van der Waals surface area (Å²) in [6.45, 7) is 2.26. The minimum Gasteiger partial charge on any atom is -0.326 e. The van der Waals surface area contributed by atoms with Gasteiger partial charge in [-0.3, -0.25) is 14.5 Å². The zero-order chi connectivity index (χ0) is 19.4. The van der Waals surface area contributed by atoms with E-state index in [1.54, 1.807) is 24.3 Å². The Morgan fingerprint density at radius 1 is 1.19 bits per heavy atom. The Morgan fingerprint density at radius 3 is 2.52 bits per heavy atom. The van der Waals surface area contributed by atoms with E-state index in [0.29, 0.717) is 19.9 Å². The van der Waals surface area contributed by atoms with Crippen LogP contribution in [0.4, 0.5) is 5.69 Å². The van der Waals surface area contributed by atoms with E-state index in [1.807, 2.05) is 37.3 Å². The van der Waals surface area contributed by atoms with Crippen LogP contribution in [0.5, 0.6) is 0 Å². The summed E-state index contributed by atoms with van der Waals surface area (Å²) in [6.07, 6.45) is 1.99. The molecule has 2 aromatic carbocycles. The fraction of sp³-hybridized carbons (Fsp3) is 0.150. The van der Waals surface area contributed by atoms with Gasteiger partial charge in [0, 0.05) is 23.7 Å². The van der Waals surface area contributed by atoms with Crippen LogP contribution in [-0.2, 0) is 9.59 Å². The van der Waals surface area contributed by atoms with Crippen molar-refractivity contribution in [3.8, 4) is 0 Å². The fourth-order valence-electron chi connectivity index (χ4n) is 2.48. The van der Waals surface area contributed by atoms with Gasteiger partial charge in [-0.15, -0.1) is 0 Å². The first-order valence-corrected chi connectivity index (χ1v) is 9.90. The van der Waals surface area contributed by atoms with E-state index in [-0.39, 0.29) is 24.8 Å². The summed E-state index contributed by atoms with van der Waals surface area (Å²) in [4.78, 5) is 26.8. The van der Waals surface area contributed by atoms with Crippen molar-refractivity contribution in [1.82, 2.24) is 4.90 Å². The number of halogens is 1. The van der Waals surface area contributed by atoms with Gasteiger partial charge in [-0.25, -0.2) is 0 Å². The highest BCUT2D eigenvalue weighted by Gasteiger charge is 2.32. The van der Waals surface area contributed by atoms with E-state index in [2.05, 4.69) is 5.32 Å². The second-order valence-corrected chi connectivity index (χ2v) is 8.16. The van der Waals surface area contributed by atoms with Gasteiger partial charge in [-0.2, -0.15) is 0 Å². The summed E-state index contributed by atoms with van der Waals surface area (Å²) in [5, 5.41) is 3.38. The Bertz CT molecular complexity index is 909. The third kappa shape index (κ3) is 5.19. The van der Waals surface area contributed by atoms with Crippen LogP contribution in [-0.4, -0.2) is 27.6 Å². The SMILES string of the molecule is Cc1ccc(/C=C2/SC(=S)N(CCC(=O)Nc3ccc(Cl)cc3)C2=O)cc1. The molecule has 1 saturated heterocycles. The van der Waals surface area contributed by atoms with E-state index in [4.69, 9.17) is 23.8 Å². The number of nitrogens with zero attached hydrogens (tertiary/aromatic N) is 1. The minimum atomic E-state index is -0.186. The number of nitrogens with one attached hydrogen (secondary N) is 1. The predicted octanol–water partition coefficient (Wildman–Crippen LogP) is 4.88. The number of anilines is 1. The van der Waals surface area contributed by atoms with Gasteiger partial charge in [0.1, 0.15) is 4.32 Å². The minimum absolute atomic E-state index is 0.160. The lowest BCUT2D eigenvalue weighted by Gasteiger charge is -2.14. The van der Waals surface area contributed by atoms with Crippen LogP contribution in [0.2, 0.25) is 5.02 Å². The molecule has 2 aromatic rings. The molecule has 1 heterocycles. The molecule has 0 aromatic heterocycles. The molecule has 1 aliphatic heterocycles. The molecule has 3 rings (SSSR count). The number of benzene rings is 2. The smallest absolute Gasteiger partial charge is 0.266 e. The maximum Gasteiger partial charge on any atom is 0.266 e. The summed E-state index contributed by atoms with van der Waals surface area (Å²) in [5.41, 5.74) is 2.77. The first kappa shape index (κ1) is 19.6. The molecular formula is C20H17ClN2O2S2. The van der Waals surface area contributed by atoms with Crippen molar-refractivity contribution in [3.05, 3.63) is 69.6 Å². The molecular weight excluding hydrogens is 400 g/mol. The lowest BCUT2D eigenvalue weighted by molar-refractivity contribution is -0.122. The molecule has 1 aliphatic rings. The average Bonchev–Trinajstić information content (AvgIpc) is 2.90. The van der Waals surface area contributed by atoms with Gasteiger partial charge in [0.25, 0.3) is 5.91 Å². The van der Waals surface area contributed by atoms with Crippen LogP contribution in [0.3, 0.4) is 0 Å². The quantitative estimate of drug-likeness (QED) is 0.557. The molecule has 0 unspecified atom stereocenters. The monoisotopic (exact) mass is 416 g/mol. The Balaban J connectivity index is 1.59. The van der Waals surface area contributed by atoms with Gasteiger partial charge >= 0.3 is 0 Å². The summed E-state index contributed by atoms with van der Waals surface area (Å²) < 4.78 is 0.470. The number of rotatable bonds is 5. The zero-order valence-electron chi connectivity index (χ0n) is 14.6. The number of aryl methyl sites for hydroxylation is 1. The van der Waals surface area contributed by atoms with Gasteiger partial charge in [0.2, 0.25) is 5.91 Å². The maximum atomic E-state index is 12.6. The van der Waals surface area contributed by atoms with Gasteiger partial charge in [-0.05, 0) is 42.8 Å². The Kier molecular flexibility index (Phi) is 6.31. The largest absolute Gasteiger partial charge is 0.326 e. The molecule has 1 N–H and O–H groups in total. The van der Waals surface area contributed by atoms with Crippen molar-refractivity contribution in [1.29, 1.82) is 0 Å². The second kappa shape index (κ2) is 8.69. The van der Waals surface area contributed by atoms with E-state index in [1.165, 1.54) is 16.7 Å². The first-order valence-electron chi connectivity index (χ1n) is 8.30. The normalized spacial score (nSPS) is 15.5. The topological polar surface area (TPSA) is 49.4 Å². The fourth-order valence-corrected chi connectivity index (χ4v) is 3.91. The van der Waals surface area contributed by atoms with Crippen molar-refractivity contribution in [2.45, 2.75) is 13.3 Å². The highest BCUT2D eigenvalue weighted by molar-refractivity contribution is 8.26. The van der Waals surface area contributed by atoms with Gasteiger partial charge in [0.15, 0.2) is 0 Å². The number of amides is 2. The van der Waals surface area contributed by atoms with Crippen LogP contribution in [0.25, 0.3) is 6.08 Å². The van der Waals surface area contributed by atoms with Crippen molar-refractivity contribution >= 4 is 63.5 Å². The lowest BCUT2D eigenvalue weighted by atomic mass is 10.1. The number of carbonyl (C=O) groups is 2. The van der Waals surface area contributed by atoms with Crippen LogP contribution in [0, 0.1) is 6.92 Å². The van der Waals surface area contributed by atoms with Gasteiger partial charge in [0.05, 0.1) is 4.91 Å². The highest BCUT2D eigenvalue weighted by Crippen LogP contribution is 2.32. The number of thiocarbonyl (C=S) groups is 1. The molecule has 2 amide bonds. The van der Waals surface area contributed by atoms with Crippen LogP contribution < -0.4 is 5.32 Å². The first-order chi connectivity index (χ1) is 12.9. The third-order valence-electron chi connectivity index (χ3n) is 3.94. The van der Waals surface area contributed by atoms with Crippen LogP contribution in [0.1, 0.15) is 17.5 Å². The van der Waals surface area contributed by atoms with Gasteiger partial charge in [-0.1, -0.05) is 65.4 Å². The van der Waals surface area contributed by atoms with E-state index in [9.17, 15) is 9.59 Å². The number of carbonyl (C=O) groups excluding carboxylic acids is 2. The van der Waals surface area contributed by atoms with E-state index in [0.717, 1.165) is 11.1 Å². The van der Waals surface area contributed by atoms with Crippen molar-refractivity contribution < 1.29 is 9.59 Å². The van der Waals surface area contributed by atoms with E-state index >= 15 is 0 Å². The summed E-state index contributed by atoms with van der Waals surface area (Å²) in [7, 11) is 0. The summed E-state index contributed by atoms with van der Waals surface area (Å²) in [6, 6.07) is 14.8. The molecule has 0 bridgehead atoms. The molecule has 0 atom stereocenters. The standard InChI is InChI=1S/C20H17ClN2O2S2/c1-13-2-4-14(5-3-13)12-17-19(25)23(20(26)27-17)11-10-18(24)22-16-8-6-15(21)7-9-16/h2-9,12H,10-11H2,1H3,(H,22,24)/b17-12+. The molecule has 7 heteroatoms. The predicted molar refractivity (Wildman–Crippen MR) is 116 cm³/mol. The zero-order valence-corrected chi connectivity index (χ0v) is 17.0. The Hall–Kier alpha value is -2.15. The second-order valence-electron chi connectivity index (χ2n) is 6.05. The molecule has 0 spiro atoms. The van der Waals surface area contributed by atoms with Crippen LogP contribution in [0.15, 0.2) is 53.4 Å². The van der Waals surface area contributed by atoms with Crippen molar-refractivity contribution in [2.24, 2.45) is 0 Å². The number of hydrogen-bond acceptors (Lipinski definition) is 4. The molecule has 0 radical (unpaired) electrons. The number of hydrogen-bond donors (Lipinski definition) is 1. The number of thioether (sulfide) groups is 1. The maximum absolute atomic E-state index is 12.6. The Labute approximate surface area is 172 Å². The van der Waals surface area contributed by atoms with E-state index < -0.39 is 0 Å². The molecule has 138 valence electrons. The van der Waals surface area contributed by atoms with Crippen molar-refractivity contribution in [3.63, 3.8) is 0 Å². The third-order valence-corrected chi connectivity index (χ3v) is 5.57. The molecule has 0 aliphatic carbocycles. The average molecular weight is 417 g/mol. The lowest BCUT2D eigenvalue weighted by Crippen LogP contribution is -2.31. The summed E-state index contributed by atoms with van der Waals surface area (Å²) in [5.74, 6) is -0.348. The molecule has 0 saturated carbocycles. The highest BCUT2D eigenvalue weighted by atomic mass is 35.5. The van der Waals surface area contributed by atoms with Crippen molar-refractivity contribution in [2.75, 3.05) is 11.9 Å². The molecule has 1 fully saturated rings. The summed E-state index contributed by atoms with van der Waals surface area (Å²) >= 11 is 12.4. The molecule has 27 heavy (non-hydrogen) atoms. The van der Waals surface area contributed by atoms with Gasteiger partial charge < -0.3 is 5.32 Å². The molecule has 4 nitrogen and oxygen atoms in total. The van der Waals surface area contributed by atoms with Crippen LogP contribution >= 0.6 is 35.6 Å². The Morgan fingerprint density at radius 2 is 1.85 bits per heavy atom.